The number of hydrogen-bond acceptors (Lipinski definition) is 1. The molecule has 0 bridgehead atoms. The van der Waals surface area contributed by atoms with Gasteiger partial charge >= 0.3 is 9.76 Å². The van der Waals surface area contributed by atoms with E-state index in [1.807, 2.05) is 17.9 Å². The maximum absolute atomic E-state index is 4.83. The fourth-order valence-electron chi connectivity index (χ4n) is 0.258. The molecule has 0 aromatic carbocycles. The third kappa shape index (κ3) is 0.722. The summed E-state index contributed by atoms with van der Waals surface area (Å²) in [6.45, 7) is 0. The van der Waals surface area contributed by atoms with Crippen molar-refractivity contribution in [2.75, 3.05) is 0 Å². The highest BCUT2D eigenvalue weighted by Crippen LogP contribution is 1.84. The van der Waals surface area contributed by atoms with Gasteiger partial charge in [0, 0.05) is 0 Å². The summed E-state index contributed by atoms with van der Waals surface area (Å²) in [4.78, 5) is 0. The summed E-state index contributed by atoms with van der Waals surface area (Å²) in [6, 6.07) is 0. The highest BCUT2D eigenvalue weighted by molar-refractivity contribution is 6.34. The van der Waals surface area contributed by atoms with Gasteiger partial charge in [-0.25, -0.2) is 0 Å². The van der Waals surface area contributed by atoms with Gasteiger partial charge in [-0.2, -0.15) is 0 Å². The molecule has 0 spiro atoms. The molecule has 1 aliphatic heterocycles. The Morgan fingerprint density at radius 2 is 2.33 bits per heavy atom. The number of allylic oxidation sites excluding steroid dienone is 2. The van der Waals surface area contributed by atoms with Crippen LogP contribution in [0.2, 0.25) is 0 Å². The molecule has 0 amide bonds. The van der Waals surface area contributed by atoms with Crippen molar-refractivity contribution in [3.05, 3.63) is 24.1 Å². The van der Waals surface area contributed by atoms with Gasteiger partial charge in [-0.3, -0.25) is 0 Å². The Bertz CT molecular complexity index is 73.5. The van der Waals surface area contributed by atoms with Crippen LogP contribution in [0.3, 0.4) is 0 Å². The molecule has 0 saturated carbocycles. The van der Waals surface area contributed by atoms with Gasteiger partial charge < -0.3 is 4.43 Å². The van der Waals surface area contributed by atoms with Crippen LogP contribution in [-0.2, 0) is 4.43 Å². The second kappa shape index (κ2) is 1.82. The normalized spacial score (nSPS) is 17.3. The topological polar surface area (TPSA) is 9.23 Å². The highest BCUT2D eigenvalue weighted by Gasteiger charge is 1.80. The van der Waals surface area contributed by atoms with Gasteiger partial charge in [0.15, 0.2) is 0 Å². The van der Waals surface area contributed by atoms with Crippen molar-refractivity contribution in [1.29, 1.82) is 0 Å². The van der Waals surface area contributed by atoms with Gasteiger partial charge in [-0.05, 0) is 6.08 Å². The van der Waals surface area contributed by atoms with Gasteiger partial charge in [0.2, 0.25) is 0 Å². The molecule has 1 aliphatic rings. The SMILES string of the molecule is C1=CO[Si]C=C1. The van der Waals surface area contributed by atoms with Crippen molar-refractivity contribution >= 4 is 9.76 Å². The van der Waals surface area contributed by atoms with E-state index in [0.717, 1.165) is 0 Å². The Morgan fingerprint density at radius 3 is 2.50 bits per heavy atom. The highest BCUT2D eigenvalue weighted by atomic mass is 28.2. The zero-order valence-electron chi connectivity index (χ0n) is 3.22. The molecular formula is C4H4OSi. The van der Waals surface area contributed by atoms with E-state index in [4.69, 9.17) is 4.43 Å². The molecular weight excluding hydrogens is 92.1 g/mol. The summed E-state index contributed by atoms with van der Waals surface area (Å²) in [5.74, 6) is 0. The third-order valence-electron chi connectivity index (χ3n) is 0.490. The van der Waals surface area contributed by atoms with Gasteiger partial charge in [0.25, 0.3) is 0 Å². The second-order valence-corrected chi connectivity index (χ2v) is 1.73. The fraction of sp³-hybridized carbons (Fsp3) is 0. The zero-order valence-corrected chi connectivity index (χ0v) is 4.22. The van der Waals surface area contributed by atoms with E-state index in [9.17, 15) is 0 Å². The van der Waals surface area contributed by atoms with Crippen LogP contribution in [0.1, 0.15) is 0 Å². The summed E-state index contributed by atoms with van der Waals surface area (Å²) in [6.07, 6.45) is 5.54. The monoisotopic (exact) mass is 96.0 g/mol. The molecule has 0 unspecified atom stereocenters. The number of hydrogen-bond donors (Lipinski definition) is 0. The molecule has 0 aromatic rings. The molecule has 2 radical (unpaired) electrons. The van der Waals surface area contributed by atoms with E-state index >= 15 is 0 Å². The molecule has 0 N–H and O–H groups in total. The Hall–Kier alpha value is -0.503. The Balaban J connectivity index is 2.46. The molecule has 1 rings (SSSR count). The zero-order chi connectivity index (χ0) is 4.24. The molecule has 30 valence electrons. The van der Waals surface area contributed by atoms with Gasteiger partial charge in [-0.15, -0.1) is 0 Å². The molecule has 0 aromatic heterocycles. The first-order chi connectivity index (χ1) is 3.00. The molecule has 6 heavy (non-hydrogen) atoms. The van der Waals surface area contributed by atoms with E-state index in [1.54, 1.807) is 6.26 Å². The lowest BCUT2D eigenvalue weighted by atomic mass is 10.6. The minimum Gasteiger partial charge on any atom is -0.542 e. The lowest BCUT2D eigenvalue weighted by Crippen LogP contribution is -1.88. The summed E-state index contributed by atoms with van der Waals surface area (Å²) >= 11 is 0. The first kappa shape index (κ1) is 3.68. The Labute approximate surface area is 39.3 Å². The van der Waals surface area contributed by atoms with Crippen LogP contribution in [0.5, 0.6) is 0 Å². The lowest BCUT2D eigenvalue weighted by Gasteiger charge is -1.92. The quantitative estimate of drug-likeness (QED) is 0.403. The van der Waals surface area contributed by atoms with Crippen molar-refractivity contribution in [1.82, 2.24) is 0 Å². The van der Waals surface area contributed by atoms with Crippen molar-refractivity contribution in [3.63, 3.8) is 0 Å². The van der Waals surface area contributed by atoms with E-state index in [1.165, 1.54) is 0 Å². The smallest absolute Gasteiger partial charge is 0.342 e. The maximum Gasteiger partial charge on any atom is 0.342 e. The molecule has 1 nitrogen and oxygen atoms in total. The van der Waals surface area contributed by atoms with Crippen LogP contribution in [0.25, 0.3) is 0 Å². The maximum atomic E-state index is 4.83. The fourth-order valence-corrected chi connectivity index (χ4v) is 0.683. The predicted molar refractivity (Wildman–Crippen MR) is 25.1 cm³/mol. The summed E-state index contributed by atoms with van der Waals surface area (Å²) in [7, 11) is 0.534. The molecule has 2 heteroatoms. The van der Waals surface area contributed by atoms with Crippen molar-refractivity contribution in [3.8, 4) is 0 Å². The first-order valence-electron chi connectivity index (χ1n) is 1.73. The van der Waals surface area contributed by atoms with Crippen molar-refractivity contribution in [2.45, 2.75) is 0 Å². The molecule has 0 fully saturated rings. The van der Waals surface area contributed by atoms with Crippen molar-refractivity contribution < 1.29 is 4.43 Å². The largest absolute Gasteiger partial charge is 0.542 e. The molecule has 0 aliphatic carbocycles. The summed E-state index contributed by atoms with van der Waals surface area (Å²) in [5.41, 5.74) is 1.99. The summed E-state index contributed by atoms with van der Waals surface area (Å²) < 4.78 is 4.83. The van der Waals surface area contributed by atoms with E-state index in [2.05, 4.69) is 0 Å². The van der Waals surface area contributed by atoms with Crippen LogP contribution in [0.15, 0.2) is 24.1 Å². The van der Waals surface area contributed by atoms with Crippen LogP contribution in [-0.4, -0.2) is 9.76 Å². The van der Waals surface area contributed by atoms with Crippen molar-refractivity contribution in [2.24, 2.45) is 0 Å². The van der Waals surface area contributed by atoms with Crippen LogP contribution in [0, 0.1) is 0 Å². The number of rotatable bonds is 0. The second-order valence-electron chi connectivity index (χ2n) is 0.923. The standard InChI is InChI=1S/C4H4OSi/c1-2-4-6-5-3-1/h1-4H. The van der Waals surface area contributed by atoms with E-state index < -0.39 is 0 Å². The minimum absolute atomic E-state index is 0.534. The third-order valence-corrected chi connectivity index (χ3v) is 1.09. The van der Waals surface area contributed by atoms with E-state index in [0.29, 0.717) is 9.76 Å². The first-order valence-corrected chi connectivity index (χ1v) is 2.71. The van der Waals surface area contributed by atoms with Gasteiger partial charge in [0.1, 0.15) is 0 Å². The average Bonchev–Trinajstić information content (AvgIpc) is 1.72. The predicted octanol–water partition coefficient (Wildman–Crippen LogP) is 0.663. The molecule has 0 atom stereocenters. The summed E-state index contributed by atoms with van der Waals surface area (Å²) in [5, 5.41) is 0. The molecule has 0 saturated heterocycles. The van der Waals surface area contributed by atoms with Gasteiger partial charge in [0.05, 0.1) is 6.26 Å². The lowest BCUT2D eigenvalue weighted by molar-refractivity contribution is 0.520. The minimum atomic E-state index is 0.534. The Kier molecular flexibility index (Phi) is 1.12. The van der Waals surface area contributed by atoms with Crippen LogP contribution >= 0.6 is 0 Å². The Morgan fingerprint density at radius 1 is 1.33 bits per heavy atom. The van der Waals surface area contributed by atoms with Crippen LogP contribution in [0.4, 0.5) is 0 Å². The average molecular weight is 96.2 g/mol. The van der Waals surface area contributed by atoms with E-state index in [-0.39, 0.29) is 0 Å². The van der Waals surface area contributed by atoms with Crippen LogP contribution < -0.4 is 0 Å². The van der Waals surface area contributed by atoms with Gasteiger partial charge in [-0.1, -0.05) is 11.8 Å². The molecule has 1 heterocycles.